The van der Waals surface area contributed by atoms with Crippen molar-refractivity contribution in [3.63, 3.8) is 0 Å². The van der Waals surface area contributed by atoms with Crippen molar-refractivity contribution in [2.45, 2.75) is 46.8 Å². The van der Waals surface area contributed by atoms with Gasteiger partial charge in [0.25, 0.3) is 0 Å². The number of aryl methyl sites for hydroxylation is 2. The smallest absolute Gasteiger partial charge is 0.0947 e. The Morgan fingerprint density at radius 3 is 2.78 bits per heavy atom. The summed E-state index contributed by atoms with van der Waals surface area (Å²) in [5, 5.41) is 8.06. The Balaban J connectivity index is 2.08. The molecule has 1 atom stereocenters. The van der Waals surface area contributed by atoms with Gasteiger partial charge in [-0.05, 0) is 33.8 Å². The van der Waals surface area contributed by atoms with Crippen LogP contribution in [0.5, 0.6) is 0 Å². The average Bonchev–Trinajstić information content (AvgIpc) is 2.94. The molecule has 0 amide bonds. The molecule has 18 heavy (non-hydrogen) atoms. The number of aromatic nitrogens is 2. The molecule has 0 aliphatic carbocycles. The van der Waals surface area contributed by atoms with Crippen LogP contribution in [0.1, 0.15) is 42.4 Å². The predicted octanol–water partition coefficient (Wildman–Crippen LogP) is 2.96. The molecule has 4 heteroatoms. The molecule has 2 rings (SSSR count). The van der Waals surface area contributed by atoms with Crippen LogP contribution in [-0.4, -0.2) is 9.78 Å². The number of hydrogen-bond donors (Lipinski definition) is 1. The van der Waals surface area contributed by atoms with Gasteiger partial charge in [-0.25, -0.2) is 0 Å². The van der Waals surface area contributed by atoms with Gasteiger partial charge in [0.05, 0.1) is 18.2 Å². The number of rotatable bonds is 5. The van der Waals surface area contributed by atoms with E-state index in [-0.39, 0.29) is 0 Å². The van der Waals surface area contributed by atoms with Gasteiger partial charge >= 0.3 is 0 Å². The van der Waals surface area contributed by atoms with Crippen molar-refractivity contribution in [2.75, 3.05) is 0 Å². The van der Waals surface area contributed by atoms with Crippen molar-refractivity contribution >= 4 is 0 Å². The van der Waals surface area contributed by atoms with Crippen molar-refractivity contribution < 1.29 is 4.42 Å². The highest BCUT2D eigenvalue weighted by Gasteiger charge is 2.16. The van der Waals surface area contributed by atoms with Gasteiger partial charge in [0.2, 0.25) is 0 Å². The van der Waals surface area contributed by atoms with Gasteiger partial charge in [-0.3, -0.25) is 4.68 Å². The second-order valence-electron chi connectivity index (χ2n) is 4.63. The SMILES string of the molecule is CCn1nc(C)c(C(C)NCc2ccoc2)c1C. The lowest BCUT2D eigenvalue weighted by Crippen LogP contribution is -2.19. The van der Waals surface area contributed by atoms with Gasteiger partial charge in [0.1, 0.15) is 0 Å². The molecule has 0 bridgehead atoms. The summed E-state index contributed by atoms with van der Waals surface area (Å²) in [6, 6.07) is 2.27. The first-order chi connectivity index (χ1) is 8.63. The standard InChI is InChI=1S/C14H21N3O/c1-5-17-12(4)14(11(3)16-17)10(2)15-8-13-6-7-18-9-13/h6-7,9-10,15H,5,8H2,1-4H3. The van der Waals surface area contributed by atoms with Crippen LogP contribution in [0.4, 0.5) is 0 Å². The van der Waals surface area contributed by atoms with Gasteiger partial charge in [-0.15, -0.1) is 0 Å². The Hall–Kier alpha value is -1.55. The maximum Gasteiger partial charge on any atom is 0.0947 e. The summed E-state index contributed by atoms with van der Waals surface area (Å²) in [5.41, 5.74) is 4.84. The van der Waals surface area contributed by atoms with Crippen LogP contribution < -0.4 is 5.32 Å². The molecule has 0 spiro atoms. The first-order valence-electron chi connectivity index (χ1n) is 6.41. The number of nitrogens with zero attached hydrogens (tertiary/aromatic N) is 2. The van der Waals surface area contributed by atoms with Crippen LogP contribution >= 0.6 is 0 Å². The minimum atomic E-state index is 0.292. The van der Waals surface area contributed by atoms with Crippen LogP contribution in [0.3, 0.4) is 0 Å². The normalized spacial score (nSPS) is 12.9. The lowest BCUT2D eigenvalue weighted by Gasteiger charge is -2.14. The average molecular weight is 247 g/mol. The summed E-state index contributed by atoms with van der Waals surface area (Å²) in [6.07, 6.45) is 3.47. The summed E-state index contributed by atoms with van der Waals surface area (Å²) >= 11 is 0. The van der Waals surface area contributed by atoms with E-state index in [0.717, 1.165) is 18.8 Å². The van der Waals surface area contributed by atoms with Crippen LogP contribution in [0, 0.1) is 13.8 Å². The summed E-state index contributed by atoms with van der Waals surface area (Å²) in [7, 11) is 0. The lowest BCUT2D eigenvalue weighted by molar-refractivity contribution is 0.544. The highest BCUT2D eigenvalue weighted by molar-refractivity contribution is 5.28. The Labute approximate surface area is 108 Å². The molecule has 2 aromatic heterocycles. The summed E-state index contributed by atoms with van der Waals surface area (Å²) in [5.74, 6) is 0. The Morgan fingerprint density at radius 2 is 2.22 bits per heavy atom. The monoisotopic (exact) mass is 247 g/mol. The number of hydrogen-bond acceptors (Lipinski definition) is 3. The zero-order valence-corrected chi connectivity index (χ0v) is 11.5. The van der Waals surface area contributed by atoms with Crippen LogP contribution in [0.15, 0.2) is 23.0 Å². The molecule has 4 nitrogen and oxygen atoms in total. The zero-order chi connectivity index (χ0) is 13.1. The molecule has 1 unspecified atom stereocenters. The van der Waals surface area contributed by atoms with Gasteiger partial charge in [0, 0.05) is 36.0 Å². The van der Waals surface area contributed by atoms with E-state index in [2.05, 4.69) is 42.8 Å². The Kier molecular flexibility index (Phi) is 3.87. The maximum absolute atomic E-state index is 5.06. The molecule has 1 N–H and O–H groups in total. The third-order valence-corrected chi connectivity index (χ3v) is 3.36. The quantitative estimate of drug-likeness (QED) is 0.883. The molecule has 0 saturated carbocycles. The molecule has 0 saturated heterocycles. The second-order valence-corrected chi connectivity index (χ2v) is 4.63. The molecule has 0 aliphatic rings. The van der Waals surface area contributed by atoms with Crippen molar-refractivity contribution in [3.8, 4) is 0 Å². The lowest BCUT2D eigenvalue weighted by atomic mass is 10.1. The summed E-state index contributed by atoms with van der Waals surface area (Å²) < 4.78 is 7.12. The molecule has 0 aromatic carbocycles. The second kappa shape index (κ2) is 5.40. The molecule has 2 heterocycles. The number of furan rings is 1. The van der Waals surface area contributed by atoms with Gasteiger partial charge < -0.3 is 9.73 Å². The van der Waals surface area contributed by atoms with E-state index in [1.54, 1.807) is 12.5 Å². The predicted molar refractivity (Wildman–Crippen MR) is 71.3 cm³/mol. The van der Waals surface area contributed by atoms with Gasteiger partial charge in [-0.1, -0.05) is 0 Å². The minimum Gasteiger partial charge on any atom is -0.472 e. The first kappa shape index (κ1) is 12.9. The fraction of sp³-hybridized carbons (Fsp3) is 0.500. The van der Waals surface area contributed by atoms with E-state index in [1.165, 1.54) is 16.8 Å². The van der Waals surface area contributed by atoms with E-state index < -0.39 is 0 Å². The van der Waals surface area contributed by atoms with Gasteiger partial charge in [-0.2, -0.15) is 5.10 Å². The zero-order valence-electron chi connectivity index (χ0n) is 11.5. The maximum atomic E-state index is 5.06. The fourth-order valence-corrected chi connectivity index (χ4v) is 2.41. The third-order valence-electron chi connectivity index (χ3n) is 3.36. The molecule has 98 valence electrons. The van der Waals surface area contributed by atoms with Crippen LogP contribution in [-0.2, 0) is 13.1 Å². The summed E-state index contributed by atoms with van der Waals surface area (Å²) in [6.45, 7) is 10.2. The Morgan fingerprint density at radius 1 is 1.44 bits per heavy atom. The van der Waals surface area contributed by atoms with E-state index in [4.69, 9.17) is 4.42 Å². The van der Waals surface area contributed by atoms with Gasteiger partial charge in [0.15, 0.2) is 0 Å². The highest BCUT2D eigenvalue weighted by Crippen LogP contribution is 2.21. The molecule has 0 aliphatic heterocycles. The van der Waals surface area contributed by atoms with Crippen molar-refractivity contribution in [1.29, 1.82) is 0 Å². The molecular formula is C14H21N3O. The van der Waals surface area contributed by atoms with E-state index in [9.17, 15) is 0 Å². The third kappa shape index (κ3) is 2.48. The van der Waals surface area contributed by atoms with Crippen molar-refractivity contribution in [3.05, 3.63) is 41.1 Å². The molecule has 0 radical (unpaired) electrons. The first-order valence-corrected chi connectivity index (χ1v) is 6.41. The number of nitrogens with one attached hydrogen (secondary N) is 1. The van der Waals surface area contributed by atoms with Crippen LogP contribution in [0.25, 0.3) is 0 Å². The fourth-order valence-electron chi connectivity index (χ4n) is 2.41. The largest absolute Gasteiger partial charge is 0.472 e. The molecular weight excluding hydrogens is 226 g/mol. The van der Waals surface area contributed by atoms with E-state index in [0.29, 0.717) is 6.04 Å². The summed E-state index contributed by atoms with van der Waals surface area (Å²) in [4.78, 5) is 0. The topological polar surface area (TPSA) is 43.0 Å². The minimum absolute atomic E-state index is 0.292. The molecule has 2 aromatic rings. The Bertz CT molecular complexity index is 499. The van der Waals surface area contributed by atoms with Crippen LogP contribution in [0.2, 0.25) is 0 Å². The van der Waals surface area contributed by atoms with E-state index >= 15 is 0 Å². The molecule has 0 fully saturated rings. The van der Waals surface area contributed by atoms with Crippen molar-refractivity contribution in [2.24, 2.45) is 0 Å². The van der Waals surface area contributed by atoms with E-state index in [1.807, 2.05) is 6.07 Å². The van der Waals surface area contributed by atoms with Crippen molar-refractivity contribution in [1.82, 2.24) is 15.1 Å². The highest BCUT2D eigenvalue weighted by atomic mass is 16.3.